The molecule has 0 radical (unpaired) electrons. The third-order valence-electron chi connectivity index (χ3n) is 4.44. The maximum absolute atomic E-state index is 10.0. The van der Waals surface area contributed by atoms with Crippen LogP contribution in [0.2, 0.25) is 0 Å². The predicted octanol–water partition coefficient (Wildman–Crippen LogP) is 2.94. The van der Waals surface area contributed by atoms with Gasteiger partial charge in [-0.25, -0.2) is 0 Å². The predicted molar refractivity (Wildman–Crippen MR) is 107 cm³/mol. The molecule has 2 rings (SSSR count). The Hall–Kier alpha value is -2.12. The zero-order valence-corrected chi connectivity index (χ0v) is 16.5. The molecule has 6 heteroatoms. The Labute approximate surface area is 166 Å². The number of aliphatic hydroxyl groups excluding tert-OH is 2. The van der Waals surface area contributed by atoms with Crippen LogP contribution in [-0.2, 0) is 22.7 Å². The van der Waals surface area contributed by atoms with Crippen LogP contribution in [0.25, 0.3) is 0 Å². The summed E-state index contributed by atoms with van der Waals surface area (Å²) in [5.41, 5.74) is 2.05. The molecule has 2 aromatic carbocycles. The minimum atomic E-state index is -0.917. The lowest BCUT2D eigenvalue weighted by molar-refractivity contribution is -0.0713. The zero-order valence-electron chi connectivity index (χ0n) is 16.5. The third-order valence-corrected chi connectivity index (χ3v) is 4.44. The van der Waals surface area contributed by atoms with Crippen molar-refractivity contribution >= 4 is 0 Å². The van der Waals surface area contributed by atoms with Crippen LogP contribution in [0.4, 0.5) is 0 Å². The fraction of sp³-hybridized carbons (Fsp3) is 0.455. The molecule has 0 fully saturated rings. The number of hydrogen-bond donors (Lipinski definition) is 2. The largest absolute Gasteiger partial charge is 0.497 e. The van der Waals surface area contributed by atoms with Gasteiger partial charge in [0.15, 0.2) is 0 Å². The first-order chi connectivity index (χ1) is 13.7. The van der Waals surface area contributed by atoms with Crippen molar-refractivity contribution < 1.29 is 29.2 Å². The normalized spacial score (nSPS) is 13.1. The zero-order chi connectivity index (χ0) is 20.2. The molecule has 0 aromatic heterocycles. The van der Waals surface area contributed by atoms with Crippen molar-refractivity contribution in [3.8, 4) is 11.5 Å². The van der Waals surface area contributed by atoms with Crippen LogP contribution in [0.3, 0.4) is 0 Å². The van der Waals surface area contributed by atoms with Gasteiger partial charge in [0.25, 0.3) is 0 Å². The van der Waals surface area contributed by atoms with E-state index in [0.29, 0.717) is 26.2 Å². The summed E-state index contributed by atoms with van der Waals surface area (Å²) in [5, 5.41) is 19.3. The van der Waals surface area contributed by atoms with E-state index in [9.17, 15) is 10.2 Å². The Balaban J connectivity index is 1.71. The Morgan fingerprint density at radius 2 is 1.36 bits per heavy atom. The molecule has 6 nitrogen and oxygen atoms in total. The lowest BCUT2D eigenvalue weighted by Crippen LogP contribution is -2.32. The summed E-state index contributed by atoms with van der Waals surface area (Å²) < 4.78 is 21.8. The summed E-state index contributed by atoms with van der Waals surface area (Å²) in [5.74, 6) is 1.60. The van der Waals surface area contributed by atoms with E-state index in [1.807, 2.05) is 48.5 Å². The Kier molecular flexibility index (Phi) is 9.79. The molecular formula is C22H30O6. The van der Waals surface area contributed by atoms with Crippen molar-refractivity contribution in [2.24, 2.45) is 0 Å². The molecular weight excluding hydrogens is 360 g/mol. The molecule has 0 bridgehead atoms. The van der Waals surface area contributed by atoms with E-state index < -0.39 is 12.2 Å². The lowest BCUT2D eigenvalue weighted by Gasteiger charge is -2.22. The SMILES string of the molecule is COc1ccc(COCCC[C@@H](OCc2ccc(OC)cc2)[C@H](O)CO)cc1. The number of ether oxygens (including phenoxy) is 4. The molecule has 0 unspecified atom stereocenters. The van der Waals surface area contributed by atoms with Gasteiger partial charge in [0.1, 0.15) is 17.6 Å². The molecule has 2 N–H and O–H groups in total. The minimum absolute atomic E-state index is 0.333. The summed E-state index contributed by atoms with van der Waals surface area (Å²) in [6.45, 7) is 1.09. The van der Waals surface area contributed by atoms with Gasteiger partial charge in [0.05, 0.1) is 40.1 Å². The molecule has 28 heavy (non-hydrogen) atoms. The molecule has 2 atom stereocenters. The average Bonchev–Trinajstić information content (AvgIpc) is 2.75. The molecule has 0 heterocycles. The molecule has 2 aromatic rings. The van der Waals surface area contributed by atoms with Crippen LogP contribution in [0.5, 0.6) is 11.5 Å². The number of methoxy groups -OCH3 is 2. The number of hydrogen-bond acceptors (Lipinski definition) is 6. The Bertz CT molecular complexity index is 656. The van der Waals surface area contributed by atoms with Gasteiger partial charge in [-0.15, -0.1) is 0 Å². The average molecular weight is 390 g/mol. The summed E-state index contributed by atoms with van der Waals surface area (Å²) in [4.78, 5) is 0. The number of rotatable bonds is 13. The van der Waals surface area contributed by atoms with Crippen molar-refractivity contribution in [2.75, 3.05) is 27.4 Å². The van der Waals surface area contributed by atoms with Gasteiger partial charge >= 0.3 is 0 Å². The van der Waals surface area contributed by atoms with E-state index >= 15 is 0 Å². The standard InChI is InChI=1S/C22H30O6/c1-25-19-9-5-17(6-10-19)15-27-13-3-4-22(21(24)14-23)28-16-18-7-11-20(26-2)12-8-18/h5-12,21-24H,3-4,13-16H2,1-2H3/t21-,22-/m1/s1. The summed E-state index contributed by atoms with van der Waals surface area (Å²) >= 11 is 0. The highest BCUT2D eigenvalue weighted by molar-refractivity contribution is 5.27. The highest BCUT2D eigenvalue weighted by Crippen LogP contribution is 2.16. The van der Waals surface area contributed by atoms with Gasteiger partial charge < -0.3 is 29.2 Å². The molecule has 0 saturated carbocycles. The second-order valence-electron chi connectivity index (χ2n) is 6.49. The topological polar surface area (TPSA) is 77.4 Å². The maximum Gasteiger partial charge on any atom is 0.118 e. The van der Waals surface area contributed by atoms with Gasteiger partial charge in [0.2, 0.25) is 0 Å². The number of aliphatic hydroxyl groups is 2. The minimum Gasteiger partial charge on any atom is -0.497 e. The van der Waals surface area contributed by atoms with Crippen molar-refractivity contribution in [1.29, 1.82) is 0 Å². The molecule has 0 saturated heterocycles. The highest BCUT2D eigenvalue weighted by atomic mass is 16.5. The van der Waals surface area contributed by atoms with Gasteiger partial charge in [-0.3, -0.25) is 0 Å². The van der Waals surface area contributed by atoms with Crippen LogP contribution in [0, 0.1) is 0 Å². The van der Waals surface area contributed by atoms with Crippen LogP contribution < -0.4 is 9.47 Å². The molecule has 0 aliphatic carbocycles. The second-order valence-corrected chi connectivity index (χ2v) is 6.49. The molecule has 154 valence electrons. The highest BCUT2D eigenvalue weighted by Gasteiger charge is 2.19. The lowest BCUT2D eigenvalue weighted by atomic mass is 10.1. The second kappa shape index (κ2) is 12.4. The molecule has 0 aliphatic rings. The smallest absolute Gasteiger partial charge is 0.118 e. The van der Waals surface area contributed by atoms with E-state index in [1.54, 1.807) is 14.2 Å². The summed E-state index contributed by atoms with van der Waals surface area (Å²) in [7, 11) is 3.26. The van der Waals surface area contributed by atoms with Gasteiger partial charge in [-0.2, -0.15) is 0 Å². The summed E-state index contributed by atoms with van der Waals surface area (Å²) in [6, 6.07) is 15.3. The van der Waals surface area contributed by atoms with E-state index in [0.717, 1.165) is 29.0 Å². The third kappa shape index (κ3) is 7.48. The van der Waals surface area contributed by atoms with Gasteiger partial charge in [-0.1, -0.05) is 24.3 Å². The van der Waals surface area contributed by atoms with Gasteiger partial charge in [0, 0.05) is 6.61 Å². The fourth-order valence-electron chi connectivity index (χ4n) is 2.73. The van der Waals surface area contributed by atoms with Crippen LogP contribution in [-0.4, -0.2) is 49.9 Å². The molecule has 0 amide bonds. The number of benzene rings is 2. The molecule has 0 aliphatic heterocycles. The summed E-state index contributed by atoms with van der Waals surface area (Å²) in [6.07, 6.45) is -0.0439. The quantitative estimate of drug-likeness (QED) is 0.512. The van der Waals surface area contributed by atoms with Crippen molar-refractivity contribution in [3.05, 3.63) is 59.7 Å². The van der Waals surface area contributed by atoms with Crippen LogP contribution in [0.15, 0.2) is 48.5 Å². The van der Waals surface area contributed by atoms with E-state index in [-0.39, 0.29) is 6.61 Å². The van der Waals surface area contributed by atoms with Crippen molar-refractivity contribution in [2.45, 2.75) is 38.3 Å². The molecule has 0 spiro atoms. The van der Waals surface area contributed by atoms with Crippen molar-refractivity contribution in [1.82, 2.24) is 0 Å². The van der Waals surface area contributed by atoms with E-state index in [2.05, 4.69) is 0 Å². The van der Waals surface area contributed by atoms with Gasteiger partial charge in [-0.05, 0) is 48.2 Å². The van der Waals surface area contributed by atoms with E-state index in [1.165, 1.54) is 0 Å². The fourth-order valence-corrected chi connectivity index (χ4v) is 2.73. The van der Waals surface area contributed by atoms with E-state index in [4.69, 9.17) is 18.9 Å². The monoisotopic (exact) mass is 390 g/mol. The first-order valence-corrected chi connectivity index (χ1v) is 9.40. The Morgan fingerprint density at radius 1 is 0.821 bits per heavy atom. The first kappa shape index (κ1) is 22.2. The van der Waals surface area contributed by atoms with Crippen LogP contribution in [0.1, 0.15) is 24.0 Å². The van der Waals surface area contributed by atoms with Crippen LogP contribution >= 0.6 is 0 Å². The first-order valence-electron chi connectivity index (χ1n) is 9.40. The Morgan fingerprint density at radius 3 is 1.86 bits per heavy atom. The van der Waals surface area contributed by atoms with Crippen molar-refractivity contribution in [3.63, 3.8) is 0 Å². The maximum atomic E-state index is 10.0.